The molecular formula is C29H28ClN5O5. The molecule has 0 aliphatic carbocycles. The summed E-state index contributed by atoms with van der Waals surface area (Å²) in [6, 6.07) is 18.5. The number of nitro benzene ring substituents is 1. The quantitative estimate of drug-likeness (QED) is 0.234. The summed E-state index contributed by atoms with van der Waals surface area (Å²) in [5.74, 6) is 0.868. The second-order valence-corrected chi connectivity index (χ2v) is 9.86. The lowest BCUT2D eigenvalue weighted by Crippen LogP contribution is -2.50. The number of para-hydroxylation sites is 3. The van der Waals surface area contributed by atoms with E-state index < -0.39 is 4.92 Å². The van der Waals surface area contributed by atoms with Crippen molar-refractivity contribution in [1.29, 1.82) is 0 Å². The molecule has 0 radical (unpaired) electrons. The van der Waals surface area contributed by atoms with Crippen LogP contribution >= 0.6 is 11.6 Å². The fraction of sp³-hybridized carbons (Fsp3) is 0.276. The average molecular weight is 562 g/mol. The van der Waals surface area contributed by atoms with Crippen molar-refractivity contribution in [2.45, 2.75) is 19.9 Å². The van der Waals surface area contributed by atoms with Crippen molar-refractivity contribution >= 4 is 34.1 Å². The highest BCUT2D eigenvalue weighted by Gasteiger charge is 2.30. The molecule has 0 spiro atoms. The summed E-state index contributed by atoms with van der Waals surface area (Å²) in [4.78, 5) is 46.4. The Balaban J connectivity index is 1.45. The minimum Gasteiger partial charge on any atom is -0.492 e. The molecule has 1 aliphatic rings. The Morgan fingerprint density at radius 2 is 1.77 bits per heavy atom. The van der Waals surface area contributed by atoms with E-state index in [4.69, 9.17) is 21.3 Å². The van der Waals surface area contributed by atoms with Crippen LogP contribution in [-0.4, -0.2) is 63.0 Å². The lowest BCUT2D eigenvalue weighted by Gasteiger charge is -2.38. The molecule has 2 heterocycles. The molecular weight excluding hydrogens is 534 g/mol. The van der Waals surface area contributed by atoms with E-state index in [1.807, 2.05) is 56.3 Å². The first-order valence-electron chi connectivity index (χ1n) is 13.0. The van der Waals surface area contributed by atoms with E-state index in [1.165, 1.54) is 18.2 Å². The number of halogens is 1. The molecule has 1 atom stereocenters. The summed E-state index contributed by atoms with van der Waals surface area (Å²) in [6.45, 7) is 6.21. The van der Waals surface area contributed by atoms with Crippen LogP contribution in [0, 0.1) is 10.1 Å². The monoisotopic (exact) mass is 561 g/mol. The van der Waals surface area contributed by atoms with Gasteiger partial charge in [-0.2, -0.15) is 0 Å². The number of ether oxygens (including phenoxy) is 1. The van der Waals surface area contributed by atoms with Gasteiger partial charge >= 0.3 is 0 Å². The van der Waals surface area contributed by atoms with Crippen LogP contribution in [0.5, 0.6) is 5.75 Å². The van der Waals surface area contributed by atoms with E-state index >= 15 is 0 Å². The number of carbonyl (C=O) groups is 1. The summed E-state index contributed by atoms with van der Waals surface area (Å²) >= 11 is 5.91. The van der Waals surface area contributed by atoms with Crippen molar-refractivity contribution in [3.63, 3.8) is 0 Å². The second-order valence-electron chi connectivity index (χ2n) is 9.46. The van der Waals surface area contributed by atoms with Crippen LogP contribution in [0.1, 0.15) is 36.1 Å². The first kappa shape index (κ1) is 27.3. The standard InChI is InChI=1S/C29H28ClN5O5/c1-3-40-26-11-7-6-10-24(26)34-27(31-23-9-5-4-8-21(23)29(34)37)19(2)32-14-16-33(17-15-32)28(36)20-12-13-22(30)25(18-20)35(38)39/h4-13,18-19H,3,14-17H2,1-2H3. The molecule has 5 rings (SSSR count). The SMILES string of the molecule is CCOc1ccccc1-n1c(C(C)N2CCN(C(=O)c3ccc(Cl)c([N+](=O)[O-])c3)CC2)nc2ccccc2c1=O. The summed E-state index contributed by atoms with van der Waals surface area (Å²) < 4.78 is 7.48. The van der Waals surface area contributed by atoms with Gasteiger partial charge in [-0.25, -0.2) is 4.98 Å². The number of fused-ring (bicyclic) bond motifs is 1. The van der Waals surface area contributed by atoms with Crippen molar-refractivity contribution in [3.05, 3.63) is 104 Å². The van der Waals surface area contributed by atoms with Crippen LogP contribution in [0.3, 0.4) is 0 Å². The number of rotatable bonds is 7. The number of hydrogen-bond donors (Lipinski definition) is 0. The lowest BCUT2D eigenvalue weighted by atomic mass is 10.1. The number of nitro groups is 1. The zero-order valence-corrected chi connectivity index (χ0v) is 22.9. The van der Waals surface area contributed by atoms with Crippen molar-refractivity contribution in [1.82, 2.24) is 19.4 Å². The molecule has 40 heavy (non-hydrogen) atoms. The van der Waals surface area contributed by atoms with E-state index in [0.717, 1.165) is 0 Å². The maximum Gasteiger partial charge on any atom is 0.288 e. The van der Waals surface area contributed by atoms with Gasteiger partial charge in [0.15, 0.2) is 0 Å². The van der Waals surface area contributed by atoms with Crippen LogP contribution in [0.2, 0.25) is 5.02 Å². The maximum absolute atomic E-state index is 13.8. The molecule has 1 fully saturated rings. The Morgan fingerprint density at radius 1 is 1.07 bits per heavy atom. The van der Waals surface area contributed by atoms with Gasteiger partial charge in [-0.05, 0) is 50.2 Å². The molecule has 1 saturated heterocycles. The summed E-state index contributed by atoms with van der Waals surface area (Å²) in [6.07, 6.45) is 0. The summed E-state index contributed by atoms with van der Waals surface area (Å²) in [7, 11) is 0. The van der Waals surface area contributed by atoms with Crippen molar-refractivity contribution in [2.24, 2.45) is 0 Å². The summed E-state index contributed by atoms with van der Waals surface area (Å²) in [5, 5.41) is 11.8. The molecule has 10 nitrogen and oxygen atoms in total. The highest BCUT2D eigenvalue weighted by atomic mass is 35.5. The molecule has 1 unspecified atom stereocenters. The Morgan fingerprint density at radius 3 is 2.50 bits per heavy atom. The molecule has 0 bridgehead atoms. The Hall–Kier alpha value is -4.28. The molecule has 1 amide bonds. The fourth-order valence-corrected chi connectivity index (χ4v) is 5.21. The molecule has 0 saturated carbocycles. The van der Waals surface area contributed by atoms with Gasteiger partial charge in [-0.3, -0.25) is 29.2 Å². The Kier molecular flexibility index (Phi) is 7.81. The van der Waals surface area contributed by atoms with Crippen molar-refractivity contribution in [2.75, 3.05) is 32.8 Å². The molecule has 4 aromatic rings. The average Bonchev–Trinajstić information content (AvgIpc) is 2.97. The number of amides is 1. The van der Waals surface area contributed by atoms with E-state index in [9.17, 15) is 19.7 Å². The normalized spacial score (nSPS) is 14.7. The molecule has 0 N–H and O–H groups in total. The maximum atomic E-state index is 13.8. The predicted molar refractivity (Wildman–Crippen MR) is 153 cm³/mol. The van der Waals surface area contributed by atoms with Crippen LogP contribution in [0.4, 0.5) is 5.69 Å². The van der Waals surface area contributed by atoms with Gasteiger partial charge in [-0.1, -0.05) is 35.9 Å². The van der Waals surface area contributed by atoms with E-state index in [1.54, 1.807) is 15.5 Å². The van der Waals surface area contributed by atoms with Crippen LogP contribution in [0.15, 0.2) is 71.5 Å². The van der Waals surface area contributed by atoms with Gasteiger partial charge in [0.2, 0.25) is 0 Å². The van der Waals surface area contributed by atoms with E-state index in [2.05, 4.69) is 4.90 Å². The van der Waals surface area contributed by atoms with Gasteiger partial charge < -0.3 is 9.64 Å². The topological polar surface area (TPSA) is 111 Å². The van der Waals surface area contributed by atoms with Gasteiger partial charge in [0.1, 0.15) is 16.6 Å². The third-order valence-electron chi connectivity index (χ3n) is 7.12. The molecule has 206 valence electrons. The molecule has 1 aromatic heterocycles. The number of hydrogen-bond acceptors (Lipinski definition) is 7. The van der Waals surface area contributed by atoms with Gasteiger partial charge in [-0.15, -0.1) is 0 Å². The Bertz CT molecular complexity index is 1650. The highest BCUT2D eigenvalue weighted by molar-refractivity contribution is 6.32. The molecule has 11 heteroatoms. The third kappa shape index (κ3) is 5.15. The number of nitrogens with zero attached hydrogens (tertiary/aromatic N) is 5. The molecule has 1 aliphatic heterocycles. The number of carbonyl (C=O) groups excluding carboxylic acids is 1. The molecule has 3 aromatic carbocycles. The lowest BCUT2D eigenvalue weighted by molar-refractivity contribution is -0.384. The minimum atomic E-state index is -0.599. The van der Waals surface area contributed by atoms with E-state index in [0.29, 0.717) is 61.0 Å². The number of benzene rings is 3. The Labute approximate surface area is 235 Å². The van der Waals surface area contributed by atoms with Gasteiger partial charge in [0.25, 0.3) is 17.2 Å². The highest BCUT2D eigenvalue weighted by Crippen LogP contribution is 2.29. The zero-order chi connectivity index (χ0) is 28.4. The van der Waals surface area contributed by atoms with Crippen LogP contribution in [-0.2, 0) is 0 Å². The first-order chi connectivity index (χ1) is 19.3. The fourth-order valence-electron chi connectivity index (χ4n) is 5.03. The van der Waals surface area contributed by atoms with E-state index in [-0.39, 0.29) is 33.8 Å². The van der Waals surface area contributed by atoms with Crippen LogP contribution in [0.25, 0.3) is 16.6 Å². The van der Waals surface area contributed by atoms with Crippen LogP contribution < -0.4 is 10.3 Å². The number of aromatic nitrogens is 2. The second kappa shape index (κ2) is 11.4. The zero-order valence-electron chi connectivity index (χ0n) is 22.1. The smallest absolute Gasteiger partial charge is 0.288 e. The van der Waals surface area contributed by atoms with Gasteiger partial charge in [0.05, 0.1) is 34.2 Å². The third-order valence-corrected chi connectivity index (χ3v) is 7.44. The van der Waals surface area contributed by atoms with Crippen molar-refractivity contribution < 1.29 is 14.5 Å². The van der Waals surface area contributed by atoms with Crippen molar-refractivity contribution in [3.8, 4) is 11.4 Å². The summed E-state index contributed by atoms with van der Waals surface area (Å²) in [5.41, 5.74) is 0.964. The first-order valence-corrected chi connectivity index (χ1v) is 13.4. The number of piperazine rings is 1. The predicted octanol–water partition coefficient (Wildman–Crippen LogP) is 4.87. The van der Waals surface area contributed by atoms with Gasteiger partial charge in [0, 0.05) is 37.8 Å². The minimum absolute atomic E-state index is 0.0139. The largest absolute Gasteiger partial charge is 0.492 e.